The van der Waals surface area contributed by atoms with Crippen molar-refractivity contribution >= 4 is 24.1 Å². The third kappa shape index (κ3) is 4.94. The van der Waals surface area contributed by atoms with Gasteiger partial charge >= 0.3 is 6.09 Å². The number of rotatable bonds is 3. The second-order valence-corrected chi connectivity index (χ2v) is 7.23. The summed E-state index contributed by atoms with van der Waals surface area (Å²) in [5.74, 6) is 1.27. The number of hydrogen-bond acceptors (Lipinski definition) is 4. The molecule has 1 saturated heterocycles. The van der Waals surface area contributed by atoms with E-state index in [1.807, 2.05) is 51.1 Å². The Hall–Kier alpha value is -1.69. The molecule has 0 aliphatic carbocycles. The Morgan fingerprint density at radius 1 is 1.45 bits per heavy atom. The van der Waals surface area contributed by atoms with Crippen LogP contribution in [0.1, 0.15) is 26.3 Å². The molecule has 0 aromatic heterocycles. The van der Waals surface area contributed by atoms with Crippen LogP contribution in [0.4, 0.5) is 4.79 Å². The molecule has 22 heavy (non-hydrogen) atoms. The van der Waals surface area contributed by atoms with E-state index in [4.69, 9.17) is 4.74 Å². The van der Waals surface area contributed by atoms with Gasteiger partial charge in [-0.1, -0.05) is 30.3 Å². The van der Waals surface area contributed by atoms with Gasteiger partial charge in [0, 0.05) is 11.3 Å². The molecule has 1 aliphatic heterocycles. The van der Waals surface area contributed by atoms with Gasteiger partial charge in [-0.15, -0.1) is 11.8 Å². The van der Waals surface area contributed by atoms with Crippen LogP contribution in [0.15, 0.2) is 30.3 Å². The van der Waals surface area contributed by atoms with Gasteiger partial charge in [-0.25, -0.2) is 9.53 Å². The van der Waals surface area contributed by atoms with Crippen molar-refractivity contribution < 1.29 is 14.3 Å². The highest BCUT2D eigenvalue weighted by Gasteiger charge is 2.33. The fourth-order valence-corrected chi connectivity index (χ4v) is 3.20. The van der Waals surface area contributed by atoms with Crippen molar-refractivity contribution in [3.63, 3.8) is 0 Å². The average molecular weight is 322 g/mol. The first-order chi connectivity index (χ1) is 10.3. The molecule has 1 atom stereocenters. The normalized spacial score (nSPS) is 19.3. The number of hydrogen-bond donors (Lipinski definition) is 0. The first kappa shape index (κ1) is 16.7. The number of carbonyl (C=O) groups is 1. The van der Waals surface area contributed by atoms with Gasteiger partial charge in [-0.3, -0.25) is 4.90 Å². The van der Waals surface area contributed by atoms with E-state index in [2.05, 4.69) is 0 Å². The van der Waals surface area contributed by atoms with E-state index in [-0.39, 0.29) is 18.7 Å². The Bertz CT molecular complexity index is 540. The molecule has 120 valence electrons. The van der Waals surface area contributed by atoms with Crippen LogP contribution in [0.2, 0.25) is 0 Å². The van der Waals surface area contributed by atoms with E-state index >= 15 is 0 Å². The topological polar surface area (TPSA) is 55.6 Å². The Morgan fingerprint density at radius 3 is 2.77 bits per heavy atom. The van der Waals surface area contributed by atoms with Crippen molar-refractivity contribution in [1.82, 2.24) is 4.90 Å². The highest BCUT2D eigenvalue weighted by atomic mass is 32.2. The number of ether oxygens (including phenoxy) is 1. The predicted octanol–water partition coefficient (Wildman–Crippen LogP) is 3.08. The second kappa shape index (κ2) is 7.05. The third-order valence-corrected chi connectivity index (χ3v) is 4.10. The maximum atomic E-state index is 12.2. The highest BCUT2D eigenvalue weighted by Crippen LogP contribution is 2.22. The molecule has 0 bridgehead atoms. The lowest BCUT2D eigenvalue weighted by atomic mass is 10.2. The summed E-state index contributed by atoms with van der Waals surface area (Å²) in [5.41, 5.74) is 0.416. The van der Waals surface area contributed by atoms with Crippen LogP contribution in [0.5, 0.6) is 0 Å². The van der Waals surface area contributed by atoms with Crippen molar-refractivity contribution in [1.29, 1.82) is 0 Å². The molecule has 1 aliphatic rings. The van der Waals surface area contributed by atoms with Gasteiger partial charge in [-0.05, 0) is 20.8 Å². The molecule has 1 aromatic rings. The quantitative estimate of drug-likeness (QED) is 0.371. The lowest BCUT2D eigenvalue weighted by Gasteiger charge is -2.26. The van der Waals surface area contributed by atoms with Crippen LogP contribution < -0.4 is 0 Å². The van der Waals surface area contributed by atoms with Crippen LogP contribution in [0, 0.1) is 5.21 Å². The molecule has 1 heterocycles. The fourth-order valence-electron chi connectivity index (χ4n) is 2.10. The Balaban J connectivity index is 2.01. The monoisotopic (exact) mass is 322 g/mol. The van der Waals surface area contributed by atoms with Gasteiger partial charge < -0.3 is 9.94 Å². The van der Waals surface area contributed by atoms with Crippen LogP contribution >= 0.6 is 11.8 Å². The molecule has 0 spiro atoms. The van der Waals surface area contributed by atoms with Gasteiger partial charge in [0.15, 0.2) is 12.8 Å². The van der Waals surface area contributed by atoms with E-state index in [9.17, 15) is 10.0 Å². The molecule has 0 N–H and O–H groups in total. The van der Waals surface area contributed by atoms with E-state index in [0.29, 0.717) is 11.6 Å². The summed E-state index contributed by atoms with van der Waals surface area (Å²) in [6.45, 7) is 5.79. The Morgan fingerprint density at radius 2 is 2.14 bits per heavy atom. The van der Waals surface area contributed by atoms with Crippen molar-refractivity contribution in [3.05, 3.63) is 41.1 Å². The van der Waals surface area contributed by atoms with Gasteiger partial charge in [0.2, 0.25) is 0 Å². The smallest absolute Gasteiger partial charge is 0.411 e. The van der Waals surface area contributed by atoms with Crippen molar-refractivity contribution in [2.75, 3.05) is 11.6 Å². The van der Waals surface area contributed by atoms with Crippen LogP contribution in [-0.4, -0.2) is 45.2 Å². The van der Waals surface area contributed by atoms with Crippen LogP contribution in [0.25, 0.3) is 0 Å². The molecule has 6 heteroatoms. The zero-order chi connectivity index (χ0) is 16.2. The van der Waals surface area contributed by atoms with Crippen molar-refractivity contribution in [2.45, 2.75) is 39.0 Å². The summed E-state index contributed by atoms with van der Waals surface area (Å²) in [6.07, 6.45) is 1.20. The van der Waals surface area contributed by atoms with Crippen molar-refractivity contribution in [3.8, 4) is 0 Å². The minimum atomic E-state index is -0.532. The summed E-state index contributed by atoms with van der Waals surface area (Å²) in [4.78, 5) is 13.8. The minimum absolute atomic E-state index is 0.221. The average Bonchev–Trinajstić information content (AvgIpc) is 2.86. The molecular formula is C16H22N2O3S. The van der Waals surface area contributed by atoms with Gasteiger partial charge in [0.25, 0.3) is 0 Å². The lowest BCUT2D eigenvalue weighted by molar-refractivity contribution is -0.471. The molecule has 1 aromatic carbocycles. The first-order valence-electron chi connectivity index (χ1n) is 7.25. The molecule has 1 fully saturated rings. The molecular weight excluding hydrogens is 300 g/mol. The van der Waals surface area contributed by atoms with E-state index in [0.717, 1.165) is 10.3 Å². The van der Waals surface area contributed by atoms with Crippen LogP contribution in [-0.2, 0) is 11.3 Å². The molecule has 5 nitrogen and oxygen atoms in total. The maximum absolute atomic E-state index is 12.2. The zero-order valence-corrected chi connectivity index (χ0v) is 14.0. The van der Waals surface area contributed by atoms with Crippen LogP contribution in [0.3, 0.4) is 0 Å². The summed E-state index contributed by atoms with van der Waals surface area (Å²) in [7, 11) is 0. The third-order valence-electron chi connectivity index (χ3n) is 3.07. The number of amides is 1. The van der Waals surface area contributed by atoms with Crippen molar-refractivity contribution in [2.24, 2.45) is 0 Å². The summed E-state index contributed by atoms with van der Waals surface area (Å²) >= 11 is 1.62. The minimum Gasteiger partial charge on any atom is -0.624 e. The summed E-state index contributed by atoms with van der Waals surface area (Å²) in [6, 6.07) is 9.33. The highest BCUT2D eigenvalue weighted by molar-refractivity contribution is 7.99. The largest absolute Gasteiger partial charge is 0.624 e. The molecule has 2 rings (SSSR count). The number of benzene rings is 1. The van der Waals surface area contributed by atoms with Gasteiger partial charge in [0.05, 0.1) is 5.88 Å². The Labute approximate surface area is 135 Å². The fraction of sp³-hybridized carbons (Fsp3) is 0.500. The number of hydroxylamine groups is 1. The molecule has 0 saturated carbocycles. The predicted molar refractivity (Wildman–Crippen MR) is 89.0 cm³/mol. The van der Waals surface area contributed by atoms with E-state index < -0.39 is 5.60 Å². The summed E-state index contributed by atoms with van der Waals surface area (Å²) in [5, 5.41) is 12.1. The van der Waals surface area contributed by atoms with E-state index in [1.54, 1.807) is 22.9 Å². The first-order valence-corrected chi connectivity index (χ1v) is 8.41. The number of carbonyl (C=O) groups excluding carboxylic acids is 1. The van der Waals surface area contributed by atoms with Gasteiger partial charge in [-0.2, -0.15) is 0 Å². The number of thioether (sulfide) groups is 1. The second-order valence-electron chi connectivity index (χ2n) is 6.23. The molecule has 1 amide bonds. The number of nitrogens with zero attached hydrogens (tertiary/aromatic N) is 2. The van der Waals surface area contributed by atoms with Gasteiger partial charge in [0.1, 0.15) is 11.6 Å². The molecule has 0 radical (unpaired) electrons. The molecule has 0 unspecified atom stereocenters. The SMILES string of the molecule is CC(C)(C)OC(=O)N1CSC[C@H]1/C=[N+](\[O-])Cc1ccccc1. The standard InChI is InChI=1S/C16H22N2O3S/c1-16(2,3)21-15(19)18-12-22-11-14(18)10-17(20)9-13-7-5-4-6-8-13/h4-8,10,14H,9,11-12H2,1-3H3/b17-10-/t14-/m1/s1. The van der Waals surface area contributed by atoms with E-state index in [1.165, 1.54) is 0 Å². The zero-order valence-electron chi connectivity index (χ0n) is 13.2. The maximum Gasteiger partial charge on any atom is 0.411 e. The lowest BCUT2D eigenvalue weighted by Crippen LogP contribution is -2.42. The summed E-state index contributed by atoms with van der Waals surface area (Å²) < 4.78 is 6.28. The Kier molecular flexibility index (Phi) is 5.34.